The lowest BCUT2D eigenvalue weighted by atomic mass is 10.3. The summed E-state index contributed by atoms with van der Waals surface area (Å²) in [6.45, 7) is 3.73. The van der Waals surface area contributed by atoms with E-state index in [9.17, 15) is 8.42 Å². The molecule has 0 saturated carbocycles. The van der Waals surface area contributed by atoms with Gasteiger partial charge < -0.3 is 4.57 Å². The number of sulfonamides is 1. The third-order valence-electron chi connectivity index (χ3n) is 2.71. The summed E-state index contributed by atoms with van der Waals surface area (Å²) in [7, 11) is -2.19. The highest BCUT2D eigenvalue weighted by atomic mass is 35.5. The van der Waals surface area contributed by atoms with Gasteiger partial charge >= 0.3 is 0 Å². The molecular weight excluding hydrogens is 298 g/mol. The summed E-state index contributed by atoms with van der Waals surface area (Å²) in [5.41, 5.74) is 0.536. The quantitative estimate of drug-likeness (QED) is 0.797. The Kier molecular flexibility index (Phi) is 4.15. The molecule has 5 nitrogen and oxygen atoms in total. The number of hydrogen-bond acceptors (Lipinski definition) is 3. The van der Waals surface area contributed by atoms with Crippen LogP contribution in [-0.4, -0.2) is 24.5 Å². The first kappa shape index (κ1) is 14.6. The number of aryl methyl sites for hydroxylation is 1. The molecule has 2 rings (SSSR count). The molecule has 7 heteroatoms. The lowest BCUT2D eigenvalue weighted by Gasteiger charge is -2.22. The molecule has 106 valence electrons. The number of benzene rings is 1. The zero-order valence-corrected chi connectivity index (χ0v) is 12.5. The maximum absolute atomic E-state index is 12.7. The number of rotatable bonds is 5. The Morgan fingerprint density at radius 2 is 2.05 bits per heavy atom. The normalized spacial score (nSPS) is 11.3. The Morgan fingerprint density at radius 1 is 1.40 bits per heavy atom. The van der Waals surface area contributed by atoms with E-state index < -0.39 is 10.0 Å². The summed E-state index contributed by atoms with van der Waals surface area (Å²) in [6.07, 6.45) is 2.88. The second kappa shape index (κ2) is 5.68. The van der Waals surface area contributed by atoms with Crippen molar-refractivity contribution in [1.29, 1.82) is 0 Å². The number of aromatic nitrogens is 2. The van der Waals surface area contributed by atoms with Gasteiger partial charge in [0.2, 0.25) is 5.03 Å². The summed E-state index contributed by atoms with van der Waals surface area (Å²) in [4.78, 5) is 3.88. The van der Waals surface area contributed by atoms with Crippen molar-refractivity contribution < 1.29 is 8.42 Å². The molecule has 0 spiro atoms. The fourth-order valence-electron chi connectivity index (χ4n) is 1.73. The highest BCUT2D eigenvalue weighted by Gasteiger charge is 2.29. The summed E-state index contributed by atoms with van der Waals surface area (Å²) >= 11 is 5.99. The minimum absolute atomic E-state index is 0.0787. The van der Waals surface area contributed by atoms with Crippen molar-refractivity contribution in [1.82, 2.24) is 9.55 Å². The molecule has 0 aliphatic carbocycles. The molecule has 1 heterocycles. The van der Waals surface area contributed by atoms with Crippen LogP contribution in [0.3, 0.4) is 0 Å². The van der Waals surface area contributed by atoms with Gasteiger partial charge in [0.25, 0.3) is 10.0 Å². The van der Waals surface area contributed by atoms with E-state index in [1.165, 1.54) is 21.3 Å². The molecule has 1 aromatic heterocycles. The molecule has 20 heavy (non-hydrogen) atoms. The first-order valence-electron chi connectivity index (χ1n) is 5.84. The van der Waals surface area contributed by atoms with Gasteiger partial charge in [0.15, 0.2) is 0 Å². The Hall–Kier alpha value is -1.79. The molecule has 0 radical (unpaired) electrons. The monoisotopic (exact) mass is 311 g/mol. The number of hydrogen-bond donors (Lipinski definition) is 0. The third-order valence-corrected chi connectivity index (χ3v) is 4.99. The van der Waals surface area contributed by atoms with Gasteiger partial charge in [-0.15, -0.1) is 6.58 Å². The van der Waals surface area contributed by atoms with E-state index in [1.54, 1.807) is 31.3 Å². The van der Waals surface area contributed by atoms with Crippen LogP contribution in [-0.2, 0) is 17.1 Å². The van der Waals surface area contributed by atoms with Gasteiger partial charge in [-0.05, 0) is 12.1 Å². The molecular formula is C13H14ClN3O2S. The van der Waals surface area contributed by atoms with Crippen molar-refractivity contribution in [2.45, 2.75) is 5.03 Å². The van der Waals surface area contributed by atoms with Crippen molar-refractivity contribution in [2.24, 2.45) is 7.05 Å². The minimum atomic E-state index is -3.83. The van der Waals surface area contributed by atoms with Gasteiger partial charge in [-0.3, -0.25) is 4.31 Å². The Bertz CT molecular complexity index is 710. The van der Waals surface area contributed by atoms with Crippen LogP contribution in [0.15, 0.2) is 54.3 Å². The molecule has 0 aliphatic heterocycles. The third kappa shape index (κ3) is 2.57. The Labute approximate surface area is 123 Å². The molecule has 0 aliphatic rings. The topological polar surface area (TPSA) is 55.2 Å². The molecule has 0 fully saturated rings. The van der Waals surface area contributed by atoms with E-state index in [-0.39, 0.29) is 16.7 Å². The molecule has 0 bridgehead atoms. The second-order valence-corrected chi connectivity index (χ2v) is 6.25. The number of nitrogens with zero attached hydrogens (tertiary/aromatic N) is 3. The number of anilines is 1. The van der Waals surface area contributed by atoms with E-state index >= 15 is 0 Å². The Morgan fingerprint density at radius 3 is 2.55 bits per heavy atom. The van der Waals surface area contributed by atoms with E-state index in [1.807, 2.05) is 6.07 Å². The standard InChI is InChI=1S/C13H14ClN3O2S/c1-3-9-17(11-7-5-4-6-8-11)20(18,19)13-12(14)16(2)10-15-13/h3-8,10H,1,9H2,2H3. The number of halogens is 1. The van der Waals surface area contributed by atoms with Gasteiger partial charge in [0.1, 0.15) is 5.15 Å². The fraction of sp³-hybridized carbons (Fsp3) is 0.154. The molecule has 0 saturated heterocycles. The van der Waals surface area contributed by atoms with Crippen molar-refractivity contribution in [2.75, 3.05) is 10.8 Å². The Balaban J connectivity index is 2.54. The van der Waals surface area contributed by atoms with Crippen LogP contribution in [0.2, 0.25) is 5.15 Å². The van der Waals surface area contributed by atoms with E-state index in [0.717, 1.165) is 0 Å². The average Bonchev–Trinajstić information content (AvgIpc) is 2.77. The van der Waals surface area contributed by atoms with Crippen molar-refractivity contribution in [3.63, 3.8) is 0 Å². The van der Waals surface area contributed by atoms with Gasteiger partial charge in [-0.2, -0.15) is 8.42 Å². The van der Waals surface area contributed by atoms with Crippen LogP contribution in [0.5, 0.6) is 0 Å². The molecule has 1 aromatic carbocycles. The van der Waals surface area contributed by atoms with Crippen molar-refractivity contribution in [3.05, 3.63) is 54.5 Å². The maximum atomic E-state index is 12.7. The molecule has 0 atom stereocenters. The molecule has 0 unspecified atom stereocenters. The van der Waals surface area contributed by atoms with Gasteiger partial charge in [0, 0.05) is 7.05 Å². The molecule has 0 amide bonds. The summed E-state index contributed by atoms with van der Waals surface area (Å²) in [5.74, 6) is 0. The van der Waals surface area contributed by atoms with E-state index in [4.69, 9.17) is 11.6 Å². The molecule has 0 N–H and O–H groups in total. The van der Waals surface area contributed by atoms with Crippen LogP contribution in [0.1, 0.15) is 0 Å². The maximum Gasteiger partial charge on any atom is 0.285 e. The average molecular weight is 312 g/mol. The zero-order valence-electron chi connectivity index (χ0n) is 10.9. The smallest absolute Gasteiger partial charge is 0.285 e. The van der Waals surface area contributed by atoms with Gasteiger partial charge in [-0.25, -0.2) is 4.98 Å². The SMILES string of the molecule is C=CCN(c1ccccc1)S(=O)(=O)c1ncn(C)c1Cl. The minimum Gasteiger partial charge on any atom is -0.324 e. The first-order valence-corrected chi connectivity index (χ1v) is 7.65. The highest BCUT2D eigenvalue weighted by Crippen LogP contribution is 2.26. The lowest BCUT2D eigenvalue weighted by molar-refractivity contribution is 0.589. The summed E-state index contributed by atoms with van der Waals surface area (Å²) < 4.78 is 28.0. The van der Waals surface area contributed by atoms with Gasteiger partial charge in [-0.1, -0.05) is 35.9 Å². The van der Waals surface area contributed by atoms with Crippen LogP contribution in [0.25, 0.3) is 0 Å². The fourth-order valence-corrected chi connectivity index (χ4v) is 3.56. The van der Waals surface area contributed by atoms with E-state index in [2.05, 4.69) is 11.6 Å². The van der Waals surface area contributed by atoms with Crippen LogP contribution >= 0.6 is 11.6 Å². The van der Waals surface area contributed by atoms with E-state index in [0.29, 0.717) is 5.69 Å². The summed E-state index contributed by atoms with van der Waals surface area (Å²) in [5, 5.41) is -0.0811. The largest absolute Gasteiger partial charge is 0.324 e. The number of para-hydroxylation sites is 1. The van der Waals surface area contributed by atoms with Gasteiger partial charge in [0.05, 0.1) is 18.6 Å². The summed E-state index contributed by atoms with van der Waals surface area (Å²) in [6, 6.07) is 8.76. The highest BCUT2D eigenvalue weighted by molar-refractivity contribution is 7.92. The van der Waals surface area contributed by atoms with Crippen LogP contribution in [0, 0.1) is 0 Å². The molecule has 2 aromatic rings. The zero-order chi connectivity index (χ0) is 14.8. The van der Waals surface area contributed by atoms with Crippen LogP contribution in [0.4, 0.5) is 5.69 Å². The lowest BCUT2D eigenvalue weighted by Crippen LogP contribution is -2.31. The van der Waals surface area contributed by atoms with Crippen molar-refractivity contribution >= 4 is 27.3 Å². The second-order valence-electron chi connectivity index (χ2n) is 4.11. The first-order chi connectivity index (χ1) is 9.48. The number of imidazole rings is 1. The predicted molar refractivity (Wildman–Crippen MR) is 79.4 cm³/mol. The van der Waals surface area contributed by atoms with Crippen molar-refractivity contribution in [3.8, 4) is 0 Å². The predicted octanol–water partition coefficient (Wildman–Crippen LogP) is 2.45. The van der Waals surface area contributed by atoms with Crippen LogP contribution < -0.4 is 4.31 Å².